The lowest BCUT2D eigenvalue weighted by molar-refractivity contribution is 0.117. The molecule has 0 spiro atoms. The lowest BCUT2D eigenvalue weighted by Gasteiger charge is -2.13. The highest BCUT2D eigenvalue weighted by Crippen LogP contribution is 2.12. The van der Waals surface area contributed by atoms with E-state index in [1.165, 1.54) is 17.9 Å². The first-order valence-electron chi connectivity index (χ1n) is 6.60. The van der Waals surface area contributed by atoms with Crippen LogP contribution in [0.15, 0.2) is 5.10 Å². The highest BCUT2D eigenvalue weighted by Gasteiger charge is 2.08. The maximum atomic E-state index is 11.3. The summed E-state index contributed by atoms with van der Waals surface area (Å²) in [6.45, 7) is 6.52. The van der Waals surface area contributed by atoms with Crippen molar-refractivity contribution in [2.24, 2.45) is 11.0 Å². The maximum Gasteiger partial charge on any atom is 0.430 e. The van der Waals surface area contributed by atoms with Crippen molar-refractivity contribution in [1.29, 1.82) is 0 Å². The van der Waals surface area contributed by atoms with Crippen LogP contribution in [0.1, 0.15) is 52.9 Å². The number of hydrogen-bond donors (Lipinski definition) is 0. The Morgan fingerprint density at radius 2 is 2.00 bits per heavy atom. The van der Waals surface area contributed by atoms with Gasteiger partial charge in [-0.1, -0.05) is 33.1 Å². The molecule has 0 aliphatic heterocycles. The predicted octanol–water partition coefficient (Wildman–Crippen LogP) is 3.67. The number of hydrogen-bond acceptors (Lipinski definition) is 3. The van der Waals surface area contributed by atoms with Crippen molar-refractivity contribution in [3.05, 3.63) is 0 Å². The molecule has 1 atom stereocenters. The van der Waals surface area contributed by atoms with Crippen LogP contribution in [0.5, 0.6) is 0 Å². The topological polar surface area (TPSA) is 41.9 Å². The molecule has 0 aromatic rings. The van der Waals surface area contributed by atoms with Crippen LogP contribution in [0, 0.1) is 5.92 Å². The Morgan fingerprint density at radius 1 is 1.29 bits per heavy atom. The van der Waals surface area contributed by atoms with Gasteiger partial charge in [0.2, 0.25) is 0 Å². The molecule has 1 amide bonds. The molecule has 0 N–H and O–H groups in total. The quantitative estimate of drug-likeness (QED) is 0.481. The lowest BCUT2D eigenvalue weighted by Crippen LogP contribution is -2.23. The minimum absolute atomic E-state index is 0.382. The fourth-order valence-corrected chi connectivity index (χ4v) is 1.59. The van der Waals surface area contributed by atoms with Crippen molar-refractivity contribution < 1.29 is 9.53 Å². The van der Waals surface area contributed by atoms with Crippen LogP contribution < -0.4 is 0 Å². The number of carbonyl (C=O) groups is 1. The average Bonchev–Trinajstić information content (AvgIpc) is 2.32. The molecule has 0 aliphatic carbocycles. The number of ether oxygens (including phenoxy) is 1. The van der Waals surface area contributed by atoms with Gasteiger partial charge in [-0.2, -0.15) is 5.10 Å². The van der Waals surface area contributed by atoms with Crippen LogP contribution >= 0.6 is 0 Å². The van der Waals surface area contributed by atoms with Gasteiger partial charge in [0.1, 0.15) is 0 Å². The van der Waals surface area contributed by atoms with Gasteiger partial charge in [0.25, 0.3) is 0 Å². The molecule has 0 saturated carbocycles. The highest BCUT2D eigenvalue weighted by molar-refractivity contribution is 5.69. The summed E-state index contributed by atoms with van der Waals surface area (Å²) in [5.41, 5.74) is 0. The molecule has 0 heterocycles. The third-order valence-corrected chi connectivity index (χ3v) is 2.57. The number of rotatable bonds is 8. The van der Waals surface area contributed by atoms with E-state index in [4.69, 9.17) is 4.74 Å². The Bertz CT molecular complexity index is 229. The van der Waals surface area contributed by atoms with Gasteiger partial charge in [0.15, 0.2) is 0 Å². The monoisotopic (exact) mass is 242 g/mol. The van der Waals surface area contributed by atoms with E-state index >= 15 is 0 Å². The van der Waals surface area contributed by atoms with E-state index in [1.807, 2.05) is 6.21 Å². The third kappa shape index (κ3) is 7.77. The molecule has 0 rings (SSSR count). The van der Waals surface area contributed by atoms with Crippen molar-refractivity contribution in [2.75, 3.05) is 13.7 Å². The van der Waals surface area contributed by atoms with Crippen LogP contribution in [0.2, 0.25) is 0 Å². The first-order chi connectivity index (χ1) is 8.15. The molecule has 0 aromatic carbocycles. The Morgan fingerprint density at radius 3 is 2.53 bits per heavy atom. The summed E-state index contributed by atoms with van der Waals surface area (Å²) in [5.74, 6) is 0.469. The molecule has 0 radical (unpaired) electrons. The Hall–Kier alpha value is -1.06. The van der Waals surface area contributed by atoms with Crippen molar-refractivity contribution in [1.82, 2.24) is 5.01 Å². The minimum Gasteiger partial charge on any atom is -0.448 e. The second-order valence-electron chi connectivity index (χ2n) is 4.18. The Labute approximate surface area is 105 Å². The summed E-state index contributed by atoms with van der Waals surface area (Å²) in [6.07, 6.45) is 7.31. The fourth-order valence-electron chi connectivity index (χ4n) is 1.59. The lowest BCUT2D eigenvalue weighted by atomic mass is 9.99. The van der Waals surface area contributed by atoms with E-state index in [2.05, 4.69) is 18.9 Å². The van der Waals surface area contributed by atoms with Crippen LogP contribution in [0.25, 0.3) is 0 Å². The molecule has 100 valence electrons. The molecule has 17 heavy (non-hydrogen) atoms. The zero-order valence-corrected chi connectivity index (χ0v) is 11.6. The zero-order valence-electron chi connectivity index (χ0n) is 11.6. The van der Waals surface area contributed by atoms with Crippen LogP contribution in [0.3, 0.4) is 0 Å². The molecule has 0 aliphatic rings. The summed E-state index contributed by atoms with van der Waals surface area (Å²) < 4.78 is 4.85. The molecule has 0 saturated heterocycles. The van der Waals surface area contributed by atoms with Gasteiger partial charge in [-0.05, 0) is 25.7 Å². The van der Waals surface area contributed by atoms with Gasteiger partial charge in [-0.15, -0.1) is 0 Å². The number of carbonyl (C=O) groups excluding carboxylic acids is 1. The molecule has 0 bridgehead atoms. The Kier molecular flexibility index (Phi) is 9.49. The van der Waals surface area contributed by atoms with Gasteiger partial charge < -0.3 is 4.74 Å². The van der Waals surface area contributed by atoms with Crippen LogP contribution in [-0.4, -0.2) is 31.0 Å². The molecular weight excluding hydrogens is 216 g/mol. The molecule has 0 aromatic heterocycles. The second-order valence-corrected chi connectivity index (χ2v) is 4.18. The van der Waals surface area contributed by atoms with Crippen molar-refractivity contribution in [3.8, 4) is 0 Å². The van der Waals surface area contributed by atoms with E-state index in [9.17, 15) is 4.79 Å². The third-order valence-electron chi connectivity index (χ3n) is 2.57. The largest absolute Gasteiger partial charge is 0.448 e. The van der Waals surface area contributed by atoms with E-state index in [0.717, 1.165) is 19.3 Å². The highest BCUT2D eigenvalue weighted by atomic mass is 16.6. The van der Waals surface area contributed by atoms with E-state index in [1.54, 1.807) is 14.0 Å². The minimum atomic E-state index is -0.394. The van der Waals surface area contributed by atoms with Gasteiger partial charge >= 0.3 is 6.09 Å². The molecular formula is C13H26N2O2. The first kappa shape index (κ1) is 15.9. The first-order valence-corrected chi connectivity index (χ1v) is 6.60. The van der Waals surface area contributed by atoms with E-state index in [-0.39, 0.29) is 0 Å². The van der Waals surface area contributed by atoms with Gasteiger partial charge in [0, 0.05) is 13.3 Å². The summed E-state index contributed by atoms with van der Waals surface area (Å²) in [6, 6.07) is 0. The summed E-state index contributed by atoms with van der Waals surface area (Å²) in [7, 11) is 1.62. The Balaban J connectivity index is 4.16. The van der Waals surface area contributed by atoms with E-state index in [0.29, 0.717) is 12.5 Å². The standard InChI is InChI=1S/C13H26N2O2/c1-5-8-10-12(9-6-2)11-14-15(4)13(16)17-7-3/h11-12H,5-10H2,1-4H3/b14-11+. The molecule has 1 unspecified atom stereocenters. The normalized spacial score (nSPS) is 12.7. The molecule has 4 heteroatoms. The van der Waals surface area contributed by atoms with Crippen LogP contribution in [-0.2, 0) is 4.74 Å². The number of hydrazone groups is 1. The zero-order chi connectivity index (χ0) is 13.1. The van der Waals surface area contributed by atoms with Crippen LogP contribution in [0.4, 0.5) is 4.79 Å². The summed E-state index contributed by atoms with van der Waals surface area (Å²) in [4.78, 5) is 11.3. The molecule has 0 fully saturated rings. The van der Waals surface area contributed by atoms with E-state index < -0.39 is 6.09 Å². The van der Waals surface area contributed by atoms with Gasteiger partial charge in [-0.25, -0.2) is 9.80 Å². The predicted molar refractivity (Wildman–Crippen MR) is 71.2 cm³/mol. The van der Waals surface area contributed by atoms with Crippen molar-refractivity contribution >= 4 is 12.3 Å². The summed E-state index contributed by atoms with van der Waals surface area (Å²) in [5, 5.41) is 5.41. The number of unbranched alkanes of at least 4 members (excludes halogenated alkanes) is 1. The molecule has 4 nitrogen and oxygen atoms in total. The number of nitrogens with zero attached hydrogens (tertiary/aromatic N) is 2. The van der Waals surface area contributed by atoms with Gasteiger partial charge in [0.05, 0.1) is 6.61 Å². The fraction of sp³-hybridized carbons (Fsp3) is 0.846. The van der Waals surface area contributed by atoms with Crippen molar-refractivity contribution in [3.63, 3.8) is 0 Å². The van der Waals surface area contributed by atoms with Crippen molar-refractivity contribution in [2.45, 2.75) is 52.9 Å². The smallest absolute Gasteiger partial charge is 0.430 e. The maximum absolute atomic E-state index is 11.3. The SMILES string of the molecule is CCCCC(/C=N/N(C)C(=O)OCC)CCC. The van der Waals surface area contributed by atoms with Gasteiger partial charge in [-0.3, -0.25) is 0 Å². The average molecular weight is 242 g/mol. The second kappa shape index (κ2) is 10.1. The number of amides is 1. The summed E-state index contributed by atoms with van der Waals surface area (Å²) >= 11 is 0.